The summed E-state index contributed by atoms with van der Waals surface area (Å²) in [5, 5.41) is 9.63. The van der Waals surface area contributed by atoms with Crippen LogP contribution >= 0.6 is 12.2 Å². The van der Waals surface area contributed by atoms with E-state index in [1.807, 2.05) is 55.4 Å². The smallest absolute Gasteiger partial charge is 0.255 e. The fourth-order valence-electron chi connectivity index (χ4n) is 2.90. The van der Waals surface area contributed by atoms with Crippen molar-refractivity contribution >= 4 is 40.3 Å². The van der Waals surface area contributed by atoms with Crippen LogP contribution in [0.25, 0.3) is 0 Å². The molecule has 0 atom stereocenters. The topological polar surface area (TPSA) is 56.4 Å². The third kappa shape index (κ3) is 6.79. The average molecular weight is 437 g/mol. The molecule has 0 unspecified atom stereocenters. The highest BCUT2D eigenvalue weighted by molar-refractivity contribution is 7.80. The number of nitrogens with one attached hydrogen (secondary N) is 3. The summed E-state index contributed by atoms with van der Waals surface area (Å²) in [6, 6.07) is 21.2. The first-order valence-electron chi connectivity index (χ1n) is 9.89. The molecule has 3 aromatic rings. The molecule has 0 heterocycles. The predicted molar refractivity (Wildman–Crippen MR) is 129 cm³/mol. The SMILES string of the molecule is CN(C)c1ccc(C(=O)Nc2ccc(NC(=S)NCCc3ccc(F)cc3)cc2)cc1. The molecule has 0 aliphatic heterocycles. The van der Waals surface area contributed by atoms with Crippen LogP contribution in [0.15, 0.2) is 72.8 Å². The molecule has 5 nitrogen and oxygen atoms in total. The van der Waals surface area contributed by atoms with Gasteiger partial charge in [-0.2, -0.15) is 0 Å². The molecule has 1 amide bonds. The van der Waals surface area contributed by atoms with Gasteiger partial charge in [0.15, 0.2) is 5.11 Å². The minimum Gasteiger partial charge on any atom is -0.378 e. The number of nitrogens with zero attached hydrogens (tertiary/aromatic N) is 1. The van der Waals surface area contributed by atoms with Gasteiger partial charge in [-0.1, -0.05) is 12.1 Å². The van der Waals surface area contributed by atoms with Crippen LogP contribution in [-0.2, 0) is 6.42 Å². The maximum absolute atomic E-state index is 12.9. The second-order valence-corrected chi connectivity index (χ2v) is 7.64. The molecule has 160 valence electrons. The Hall–Kier alpha value is -3.45. The minimum absolute atomic E-state index is 0.163. The van der Waals surface area contributed by atoms with E-state index in [-0.39, 0.29) is 11.7 Å². The van der Waals surface area contributed by atoms with E-state index in [1.165, 1.54) is 12.1 Å². The van der Waals surface area contributed by atoms with Crippen molar-refractivity contribution in [2.24, 2.45) is 0 Å². The number of rotatable bonds is 7. The Morgan fingerprint density at radius 1 is 0.871 bits per heavy atom. The summed E-state index contributed by atoms with van der Waals surface area (Å²) < 4.78 is 12.9. The van der Waals surface area contributed by atoms with E-state index in [0.29, 0.717) is 22.9 Å². The predicted octanol–water partition coefficient (Wildman–Crippen LogP) is 4.67. The number of hydrogen-bond donors (Lipinski definition) is 3. The fraction of sp³-hybridized carbons (Fsp3) is 0.167. The Morgan fingerprint density at radius 2 is 1.45 bits per heavy atom. The first-order valence-corrected chi connectivity index (χ1v) is 10.3. The molecule has 0 aromatic heterocycles. The Labute approximate surface area is 187 Å². The lowest BCUT2D eigenvalue weighted by atomic mass is 10.1. The van der Waals surface area contributed by atoms with E-state index < -0.39 is 0 Å². The van der Waals surface area contributed by atoms with E-state index in [4.69, 9.17) is 12.2 Å². The van der Waals surface area contributed by atoms with Crippen LogP contribution in [0.4, 0.5) is 21.5 Å². The highest BCUT2D eigenvalue weighted by Gasteiger charge is 2.07. The summed E-state index contributed by atoms with van der Waals surface area (Å²) in [4.78, 5) is 14.4. The number of carbonyl (C=O) groups is 1. The molecule has 0 bridgehead atoms. The van der Waals surface area contributed by atoms with Gasteiger partial charge in [-0.25, -0.2) is 4.39 Å². The van der Waals surface area contributed by atoms with Crippen LogP contribution in [0.5, 0.6) is 0 Å². The summed E-state index contributed by atoms with van der Waals surface area (Å²) >= 11 is 5.31. The molecule has 0 aliphatic carbocycles. The highest BCUT2D eigenvalue weighted by atomic mass is 32.1. The summed E-state index contributed by atoms with van der Waals surface area (Å²) in [7, 11) is 3.91. The zero-order valence-corrected chi connectivity index (χ0v) is 18.3. The van der Waals surface area contributed by atoms with Gasteiger partial charge in [-0.3, -0.25) is 4.79 Å². The summed E-state index contributed by atoms with van der Waals surface area (Å²) in [6.45, 7) is 0.637. The average Bonchev–Trinajstić information content (AvgIpc) is 2.76. The quantitative estimate of drug-likeness (QED) is 0.470. The maximum atomic E-state index is 12.9. The summed E-state index contributed by atoms with van der Waals surface area (Å²) in [5.74, 6) is -0.403. The van der Waals surface area contributed by atoms with Gasteiger partial charge in [-0.05, 0) is 84.9 Å². The van der Waals surface area contributed by atoms with E-state index in [9.17, 15) is 9.18 Å². The number of halogens is 1. The van der Waals surface area contributed by atoms with Crippen LogP contribution < -0.4 is 20.9 Å². The van der Waals surface area contributed by atoms with Crippen molar-refractivity contribution < 1.29 is 9.18 Å². The second-order valence-electron chi connectivity index (χ2n) is 7.23. The normalized spacial score (nSPS) is 10.3. The largest absolute Gasteiger partial charge is 0.378 e. The fourth-order valence-corrected chi connectivity index (χ4v) is 3.12. The number of benzene rings is 3. The van der Waals surface area contributed by atoms with E-state index in [2.05, 4.69) is 16.0 Å². The van der Waals surface area contributed by atoms with E-state index in [0.717, 1.165) is 23.4 Å². The molecule has 3 N–H and O–H groups in total. The van der Waals surface area contributed by atoms with Gasteiger partial charge in [-0.15, -0.1) is 0 Å². The molecular formula is C24H25FN4OS. The van der Waals surface area contributed by atoms with Gasteiger partial charge in [0, 0.05) is 43.3 Å². The first kappa shape index (κ1) is 22.2. The van der Waals surface area contributed by atoms with Crippen molar-refractivity contribution in [3.8, 4) is 0 Å². The standard InChI is InChI=1S/C24H25FN4OS/c1-29(2)22-13-5-18(6-14-22)23(30)27-20-9-11-21(12-10-20)28-24(31)26-16-15-17-3-7-19(25)8-4-17/h3-14H,15-16H2,1-2H3,(H,27,30)(H2,26,28,31). The van der Waals surface area contributed by atoms with Crippen molar-refractivity contribution in [3.63, 3.8) is 0 Å². The number of amides is 1. The van der Waals surface area contributed by atoms with Gasteiger partial charge in [0.2, 0.25) is 0 Å². The number of anilines is 3. The maximum Gasteiger partial charge on any atom is 0.255 e. The van der Waals surface area contributed by atoms with Gasteiger partial charge >= 0.3 is 0 Å². The Balaban J connectivity index is 1.46. The Kier molecular flexibility index (Phi) is 7.56. The Bertz CT molecular complexity index is 1020. The summed E-state index contributed by atoms with van der Waals surface area (Å²) in [5.41, 5.74) is 4.18. The molecule has 7 heteroatoms. The van der Waals surface area contributed by atoms with Crippen LogP contribution in [0.2, 0.25) is 0 Å². The zero-order valence-electron chi connectivity index (χ0n) is 17.5. The van der Waals surface area contributed by atoms with E-state index in [1.54, 1.807) is 24.3 Å². The number of hydrogen-bond acceptors (Lipinski definition) is 3. The molecule has 3 rings (SSSR count). The molecule has 0 aliphatic rings. The highest BCUT2D eigenvalue weighted by Crippen LogP contribution is 2.16. The second kappa shape index (κ2) is 10.5. The summed E-state index contributed by atoms with van der Waals surface area (Å²) in [6.07, 6.45) is 0.739. The van der Waals surface area contributed by atoms with Crippen molar-refractivity contribution in [1.29, 1.82) is 0 Å². The Morgan fingerprint density at radius 3 is 2.03 bits per heavy atom. The third-order valence-corrected chi connectivity index (χ3v) is 4.91. The van der Waals surface area contributed by atoms with Gasteiger partial charge in [0.25, 0.3) is 5.91 Å². The van der Waals surface area contributed by atoms with Crippen molar-refractivity contribution in [3.05, 3.63) is 89.7 Å². The van der Waals surface area contributed by atoms with Crippen LogP contribution in [0, 0.1) is 5.82 Å². The first-order chi connectivity index (χ1) is 14.9. The number of thiocarbonyl (C=S) groups is 1. The minimum atomic E-state index is -0.240. The van der Waals surface area contributed by atoms with Gasteiger partial charge < -0.3 is 20.9 Å². The van der Waals surface area contributed by atoms with Crippen molar-refractivity contribution in [1.82, 2.24) is 5.32 Å². The van der Waals surface area contributed by atoms with Crippen molar-refractivity contribution in [2.75, 3.05) is 36.2 Å². The van der Waals surface area contributed by atoms with Gasteiger partial charge in [0.1, 0.15) is 5.82 Å². The molecule has 3 aromatic carbocycles. The zero-order chi connectivity index (χ0) is 22.2. The van der Waals surface area contributed by atoms with Crippen molar-refractivity contribution in [2.45, 2.75) is 6.42 Å². The monoisotopic (exact) mass is 436 g/mol. The molecule has 0 saturated heterocycles. The molecule has 0 fully saturated rings. The van der Waals surface area contributed by atoms with Crippen LogP contribution in [0.3, 0.4) is 0 Å². The molecule has 31 heavy (non-hydrogen) atoms. The molecule has 0 radical (unpaired) electrons. The third-order valence-electron chi connectivity index (χ3n) is 4.66. The number of carbonyl (C=O) groups excluding carboxylic acids is 1. The molecule has 0 spiro atoms. The van der Waals surface area contributed by atoms with Crippen LogP contribution in [-0.4, -0.2) is 31.7 Å². The van der Waals surface area contributed by atoms with E-state index >= 15 is 0 Å². The lowest BCUT2D eigenvalue weighted by Gasteiger charge is -2.13. The molecule has 0 saturated carbocycles. The lowest BCUT2D eigenvalue weighted by Crippen LogP contribution is -2.30. The van der Waals surface area contributed by atoms with Gasteiger partial charge in [0.05, 0.1) is 0 Å². The molecular weight excluding hydrogens is 411 g/mol. The van der Waals surface area contributed by atoms with Crippen LogP contribution in [0.1, 0.15) is 15.9 Å². The lowest BCUT2D eigenvalue weighted by molar-refractivity contribution is 0.102.